The van der Waals surface area contributed by atoms with Gasteiger partial charge in [0.1, 0.15) is 11.5 Å². The van der Waals surface area contributed by atoms with Gasteiger partial charge in [-0.3, -0.25) is 0 Å². The summed E-state index contributed by atoms with van der Waals surface area (Å²) in [5.41, 5.74) is 2.05. The zero-order chi connectivity index (χ0) is 15.6. The summed E-state index contributed by atoms with van der Waals surface area (Å²) in [5, 5.41) is 0. The molecule has 0 amide bonds. The van der Waals surface area contributed by atoms with Crippen LogP contribution >= 0.6 is 0 Å². The summed E-state index contributed by atoms with van der Waals surface area (Å²) in [6, 6.07) is 15.8. The van der Waals surface area contributed by atoms with E-state index in [0.717, 1.165) is 35.5 Å². The molecule has 2 aromatic carbocycles. The summed E-state index contributed by atoms with van der Waals surface area (Å²) in [4.78, 5) is 0. The SMILES string of the molecule is C=Cc1ccccc1OCCCCOc1ccccc1C=C. The van der Waals surface area contributed by atoms with E-state index in [2.05, 4.69) is 13.2 Å². The highest BCUT2D eigenvalue weighted by Crippen LogP contribution is 2.20. The van der Waals surface area contributed by atoms with E-state index in [9.17, 15) is 0 Å². The van der Waals surface area contributed by atoms with Crippen LogP contribution in [0.2, 0.25) is 0 Å². The van der Waals surface area contributed by atoms with Gasteiger partial charge < -0.3 is 9.47 Å². The molecule has 0 saturated carbocycles. The Labute approximate surface area is 132 Å². The zero-order valence-electron chi connectivity index (χ0n) is 12.8. The Morgan fingerprint density at radius 2 is 1.09 bits per heavy atom. The molecule has 0 saturated heterocycles. The van der Waals surface area contributed by atoms with Crippen LogP contribution in [0.1, 0.15) is 24.0 Å². The van der Waals surface area contributed by atoms with Crippen LogP contribution in [0.3, 0.4) is 0 Å². The van der Waals surface area contributed by atoms with Crippen molar-refractivity contribution in [2.24, 2.45) is 0 Å². The molecule has 0 aliphatic carbocycles. The second-order valence-electron chi connectivity index (χ2n) is 4.89. The molecule has 0 unspecified atom stereocenters. The Balaban J connectivity index is 1.69. The summed E-state index contributed by atoms with van der Waals surface area (Å²) in [6.07, 6.45) is 5.51. The Kier molecular flexibility index (Phi) is 6.31. The van der Waals surface area contributed by atoms with Crippen LogP contribution in [-0.2, 0) is 0 Å². The van der Waals surface area contributed by atoms with E-state index in [1.54, 1.807) is 0 Å². The molecule has 0 bridgehead atoms. The molecule has 0 fully saturated rings. The third kappa shape index (κ3) is 4.52. The fraction of sp³-hybridized carbons (Fsp3) is 0.200. The number of rotatable bonds is 9. The topological polar surface area (TPSA) is 18.5 Å². The zero-order valence-corrected chi connectivity index (χ0v) is 12.8. The van der Waals surface area contributed by atoms with Gasteiger partial charge in [-0.05, 0) is 25.0 Å². The third-order valence-corrected chi connectivity index (χ3v) is 3.33. The Morgan fingerprint density at radius 3 is 1.50 bits per heavy atom. The molecule has 0 radical (unpaired) electrons. The van der Waals surface area contributed by atoms with Gasteiger partial charge in [0, 0.05) is 11.1 Å². The van der Waals surface area contributed by atoms with Crippen molar-refractivity contribution in [1.29, 1.82) is 0 Å². The largest absolute Gasteiger partial charge is 0.493 e. The number of hydrogen-bond acceptors (Lipinski definition) is 2. The quantitative estimate of drug-likeness (QED) is 0.591. The molecule has 0 N–H and O–H groups in total. The van der Waals surface area contributed by atoms with Gasteiger partial charge in [0.15, 0.2) is 0 Å². The molecule has 0 atom stereocenters. The Morgan fingerprint density at radius 1 is 0.682 bits per heavy atom. The van der Waals surface area contributed by atoms with Crippen LogP contribution in [-0.4, -0.2) is 13.2 Å². The predicted molar refractivity (Wildman–Crippen MR) is 93.3 cm³/mol. The van der Waals surface area contributed by atoms with Crippen molar-refractivity contribution >= 4 is 12.2 Å². The van der Waals surface area contributed by atoms with Crippen LogP contribution in [0.25, 0.3) is 12.2 Å². The lowest BCUT2D eigenvalue weighted by atomic mass is 10.2. The lowest BCUT2D eigenvalue weighted by molar-refractivity contribution is 0.266. The lowest BCUT2D eigenvalue weighted by Gasteiger charge is -2.10. The van der Waals surface area contributed by atoms with E-state index in [1.165, 1.54) is 0 Å². The van der Waals surface area contributed by atoms with Crippen LogP contribution in [0.15, 0.2) is 61.7 Å². The van der Waals surface area contributed by atoms with Gasteiger partial charge in [-0.25, -0.2) is 0 Å². The minimum absolute atomic E-state index is 0.678. The summed E-state index contributed by atoms with van der Waals surface area (Å²) < 4.78 is 11.6. The van der Waals surface area contributed by atoms with Crippen molar-refractivity contribution in [3.63, 3.8) is 0 Å². The molecule has 0 spiro atoms. The maximum Gasteiger partial charge on any atom is 0.126 e. The predicted octanol–water partition coefficient (Wildman–Crippen LogP) is 5.21. The Hall–Kier alpha value is -2.48. The number of para-hydroxylation sites is 2. The second-order valence-corrected chi connectivity index (χ2v) is 4.89. The Bertz CT molecular complexity index is 561. The van der Waals surface area contributed by atoms with E-state index in [1.807, 2.05) is 60.7 Å². The first-order valence-electron chi connectivity index (χ1n) is 7.53. The van der Waals surface area contributed by atoms with Gasteiger partial charge in [-0.1, -0.05) is 61.7 Å². The summed E-state index contributed by atoms with van der Waals surface area (Å²) in [6.45, 7) is 8.94. The van der Waals surface area contributed by atoms with Gasteiger partial charge in [-0.2, -0.15) is 0 Å². The number of unbranched alkanes of at least 4 members (excludes halogenated alkanes) is 1. The molecule has 22 heavy (non-hydrogen) atoms. The molecule has 114 valence electrons. The van der Waals surface area contributed by atoms with E-state index in [-0.39, 0.29) is 0 Å². The molecule has 2 aromatic rings. The fourth-order valence-electron chi connectivity index (χ4n) is 2.13. The average molecular weight is 294 g/mol. The molecular weight excluding hydrogens is 272 g/mol. The molecular formula is C20H22O2. The highest BCUT2D eigenvalue weighted by atomic mass is 16.5. The van der Waals surface area contributed by atoms with Crippen LogP contribution in [0.5, 0.6) is 11.5 Å². The molecule has 0 aliphatic heterocycles. The van der Waals surface area contributed by atoms with Crippen molar-refractivity contribution < 1.29 is 9.47 Å². The summed E-state index contributed by atoms with van der Waals surface area (Å²) in [7, 11) is 0. The summed E-state index contributed by atoms with van der Waals surface area (Å²) >= 11 is 0. The maximum atomic E-state index is 5.78. The first-order chi connectivity index (χ1) is 10.8. The van der Waals surface area contributed by atoms with Crippen LogP contribution < -0.4 is 9.47 Å². The van der Waals surface area contributed by atoms with Crippen LogP contribution in [0.4, 0.5) is 0 Å². The molecule has 0 aromatic heterocycles. The minimum atomic E-state index is 0.678. The fourth-order valence-corrected chi connectivity index (χ4v) is 2.13. The van der Waals surface area contributed by atoms with Gasteiger partial charge in [0.2, 0.25) is 0 Å². The molecule has 2 nitrogen and oxygen atoms in total. The van der Waals surface area contributed by atoms with Gasteiger partial charge in [0.05, 0.1) is 13.2 Å². The first kappa shape index (κ1) is 15.9. The normalized spacial score (nSPS) is 10.0. The van der Waals surface area contributed by atoms with Gasteiger partial charge in [-0.15, -0.1) is 0 Å². The smallest absolute Gasteiger partial charge is 0.126 e. The molecule has 2 heteroatoms. The van der Waals surface area contributed by atoms with Crippen molar-refractivity contribution in [2.75, 3.05) is 13.2 Å². The number of ether oxygens (including phenoxy) is 2. The van der Waals surface area contributed by atoms with Crippen molar-refractivity contribution in [3.8, 4) is 11.5 Å². The highest BCUT2D eigenvalue weighted by Gasteiger charge is 2.00. The lowest BCUT2D eigenvalue weighted by Crippen LogP contribution is -2.03. The second kappa shape index (κ2) is 8.73. The molecule has 0 aliphatic rings. The van der Waals surface area contributed by atoms with Crippen molar-refractivity contribution in [3.05, 3.63) is 72.8 Å². The monoisotopic (exact) mass is 294 g/mol. The van der Waals surface area contributed by atoms with Gasteiger partial charge >= 0.3 is 0 Å². The van der Waals surface area contributed by atoms with Crippen molar-refractivity contribution in [1.82, 2.24) is 0 Å². The first-order valence-corrected chi connectivity index (χ1v) is 7.53. The molecule has 2 rings (SSSR count). The van der Waals surface area contributed by atoms with E-state index < -0.39 is 0 Å². The average Bonchev–Trinajstić information content (AvgIpc) is 2.58. The van der Waals surface area contributed by atoms with Gasteiger partial charge in [0.25, 0.3) is 0 Å². The maximum absolute atomic E-state index is 5.78. The number of hydrogen-bond donors (Lipinski definition) is 0. The van der Waals surface area contributed by atoms with E-state index >= 15 is 0 Å². The highest BCUT2D eigenvalue weighted by molar-refractivity contribution is 5.55. The van der Waals surface area contributed by atoms with E-state index in [4.69, 9.17) is 9.47 Å². The van der Waals surface area contributed by atoms with E-state index in [0.29, 0.717) is 13.2 Å². The van der Waals surface area contributed by atoms with Crippen LogP contribution in [0, 0.1) is 0 Å². The van der Waals surface area contributed by atoms with Crippen molar-refractivity contribution in [2.45, 2.75) is 12.8 Å². The third-order valence-electron chi connectivity index (χ3n) is 3.33. The standard InChI is InChI=1S/C20H22O2/c1-3-17-11-5-7-13-19(17)21-15-9-10-16-22-20-14-8-6-12-18(20)4-2/h3-8,11-14H,1-2,9-10,15-16H2. The number of benzene rings is 2. The summed E-state index contributed by atoms with van der Waals surface area (Å²) in [5.74, 6) is 1.77. The molecule has 0 heterocycles. The minimum Gasteiger partial charge on any atom is -0.493 e.